The average Bonchev–Trinajstić information content (AvgIpc) is 2.37. The molecule has 1 aliphatic heterocycles. The van der Waals surface area contributed by atoms with E-state index in [0.29, 0.717) is 0 Å². The van der Waals surface area contributed by atoms with Gasteiger partial charge in [-0.3, -0.25) is 9.98 Å². The number of aromatic nitrogens is 1. The molecule has 2 rings (SSSR count). The third-order valence-electron chi connectivity index (χ3n) is 4.45. The van der Waals surface area contributed by atoms with Crippen LogP contribution in [0.3, 0.4) is 0 Å². The second kappa shape index (κ2) is 5.08. The summed E-state index contributed by atoms with van der Waals surface area (Å²) in [6.07, 6.45) is 8.87. The van der Waals surface area contributed by atoms with Crippen molar-refractivity contribution in [2.45, 2.75) is 50.0 Å². The second-order valence-corrected chi connectivity index (χ2v) is 18.9. The lowest BCUT2D eigenvalue weighted by Gasteiger charge is -2.48. The average molecular weight is 303 g/mol. The van der Waals surface area contributed by atoms with E-state index in [-0.39, 0.29) is 10.7 Å². The fourth-order valence-electron chi connectivity index (χ4n) is 3.27. The lowest BCUT2D eigenvalue weighted by atomic mass is 10.1. The van der Waals surface area contributed by atoms with Gasteiger partial charge in [0.05, 0.1) is 21.8 Å². The predicted molar refractivity (Wildman–Crippen MR) is 94.0 cm³/mol. The Kier molecular flexibility index (Phi) is 3.90. The summed E-state index contributed by atoms with van der Waals surface area (Å²) in [5, 5.41) is 0. The van der Waals surface area contributed by atoms with Crippen LogP contribution in [-0.2, 0) is 0 Å². The van der Waals surface area contributed by atoms with Crippen LogP contribution in [0.15, 0.2) is 41.5 Å². The Bertz CT molecular complexity index is 492. The van der Waals surface area contributed by atoms with E-state index in [1.54, 1.807) is 0 Å². The maximum Gasteiger partial charge on any atom is 0.110 e. The number of allylic oxidation sites excluding steroid dienone is 1. The molecular weight excluding hydrogens is 276 g/mol. The Balaban J connectivity index is 2.38. The minimum Gasteiger partial charge on any atom is -0.283 e. The molecule has 20 heavy (non-hydrogen) atoms. The van der Waals surface area contributed by atoms with Crippen LogP contribution < -0.4 is 0 Å². The summed E-state index contributed by atoms with van der Waals surface area (Å²) >= 11 is 0. The zero-order valence-electron chi connectivity index (χ0n) is 13.5. The zero-order valence-corrected chi connectivity index (χ0v) is 15.5. The van der Waals surface area contributed by atoms with Crippen molar-refractivity contribution in [1.29, 1.82) is 0 Å². The first-order valence-corrected chi connectivity index (χ1v) is 14.3. The van der Waals surface area contributed by atoms with Crippen molar-refractivity contribution in [3.05, 3.63) is 42.2 Å². The number of hydrogen-bond acceptors (Lipinski definition) is 2. The van der Waals surface area contributed by atoms with Crippen molar-refractivity contribution in [3.63, 3.8) is 0 Å². The molecule has 0 saturated heterocycles. The van der Waals surface area contributed by atoms with Crippen molar-refractivity contribution >= 4 is 22.4 Å². The van der Waals surface area contributed by atoms with Gasteiger partial charge >= 0.3 is 0 Å². The summed E-state index contributed by atoms with van der Waals surface area (Å²) in [6, 6.07) is 6.14. The SMILES string of the molecule is C[Si](C)(C)C1([Si](C)(C)C)C=CC(c2ccccn2)N=C1. The Morgan fingerprint density at radius 2 is 1.65 bits per heavy atom. The normalized spacial score (nSPS) is 22.0. The van der Waals surface area contributed by atoms with Gasteiger partial charge in [0, 0.05) is 17.1 Å². The monoisotopic (exact) mass is 302 g/mol. The van der Waals surface area contributed by atoms with E-state index in [2.05, 4.69) is 68.7 Å². The summed E-state index contributed by atoms with van der Waals surface area (Å²) in [4.78, 5) is 9.31. The quantitative estimate of drug-likeness (QED) is 0.586. The molecule has 2 nitrogen and oxygen atoms in total. The largest absolute Gasteiger partial charge is 0.283 e. The zero-order chi connectivity index (χ0) is 15.0. The number of hydrogen-bond donors (Lipinski definition) is 0. The third kappa shape index (κ3) is 2.59. The van der Waals surface area contributed by atoms with Crippen molar-refractivity contribution < 1.29 is 0 Å². The van der Waals surface area contributed by atoms with Crippen molar-refractivity contribution in [2.75, 3.05) is 0 Å². The Morgan fingerprint density at radius 3 is 2.05 bits per heavy atom. The molecule has 1 unspecified atom stereocenters. The van der Waals surface area contributed by atoms with Crippen LogP contribution in [0.1, 0.15) is 11.7 Å². The molecule has 0 spiro atoms. The van der Waals surface area contributed by atoms with Gasteiger partial charge in [-0.05, 0) is 12.1 Å². The molecule has 0 aliphatic carbocycles. The highest BCUT2D eigenvalue weighted by atomic mass is 28.4. The first-order valence-electron chi connectivity index (χ1n) is 7.32. The number of nitrogens with zero attached hydrogens (tertiary/aromatic N) is 2. The highest BCUT2D eigenvalue weighted by molar-refractivity contribution is 7.02. The fraction of sp³-hybridized carbons (Fsp3) is 0.500. The van der Waals surface area contributed by atoms with Crippen LogP contribution in [0, 0.1) is 0 Å². The van der Waals surface area contributed by atoms with E-state index >= 15 is 0 Å². The lowest BCUT2D eigenvalue weighted by molar-refractivity contribution is 0.838. The van der Waals surface area contributed by atoms with E-state index in [0.717, 1.165) is 5.69 Å². The third-order valence-corrected chi connectivity index (χ3v) is 14.5. The smallest absolute Gasteiger partial charge is 0.110 e. The van der Waals surface area contributed by atoms with Gasteiger partial charge in [0.1, 0.15) is 6.04 Å². The summed E-state index contributed by atoms with van der Waals surface area (Å²) in [5.41, 5.74) is 1.04. The molecule has 0 saturated carbocycles. The van der Waals surface area contributed by atoms with Gasteiger partial charge in [-0.2, -0.15) is 0 Å². The van der Waals surface area contributed by atoms with Gasteiger partial charge in [-0.25, -0.2) is 0 Å². The minimum absolute atomic E-state index is 0.0945. The molecule has 1 aromatic rings. The highest BCUT2D eigenvalue weighted by Gasteiger charge is 2.50. The van der Waals surface area contributed by atoms with Crippen molar-refractivity contribution in [3.8, 4) is 0 Å². The summed E-state index contributed by atoms with van der Waals surface area (Å²) in [5.74, 6) is 0. The van der Waals surface area contributed by atoms with Gasteiger partial charge in [-0.1, -0.05) is 57.5 Å². The Morgan fingerprint density at radius 1 is 1.00 bits per heavy atom. The molecule has 0 bridgehead atoms. The van der Waals surface area contributed by atoms with Crippen LogP contribution in [0.25, 0.3) is 0 Å². The maximum absolute atomic E-state index is 4.88. The summed E-state index contributed by atoms with van der Waals surface area (Å²) in [7, 11) is -2.73. The topological polar surface area (TPSA) is 25.2 Å². The molecule has 108 valence electrons. The minimum atomic E-state index is -1.37. The molecule has 2 heterocycles. The van der Waals surface area contributed by atoms with E-state index in [9.17, 15) is 0 Å². The molecule has 4 heteroatoms. The first kappa shape index (κ1) is 15.4. The Labute approximate surface area is 125 Å². The van der Waals surface area contributed by atoms with Crippen LogP contribution in [0.5, 0.6) is 0 Å². The lowest BCUT2D eigenvalue weighted by Crippen LogP contribution is -2.55. The number of dihydropyridines is 1. The van der Waals surface area contributed by atoms with E-state index < -0.39 is 16.1 Å². The Hall–Kier alpha value is -1.01. The number of rotatable bonds is 3. The molecule has 1 aromatic heterocycles. The summed E-state index contributed by atoms with van der Waals surface area (Å²) in [6.45, 7) is 14.8. The van der Waals surface area contributed by atoms with Crippen LogP contribution >= 0.6 is 0 Å². The molecule has 0 fully saturated rings. The first-order chi connectivity index (χ1) is 9.17. The predicted octanol–water partition coefficient (Wildman–Crippen LogP) is 4.72. The van der Waals surface area contributed by atoms with Crippen molar-refractivity contribution in [1.82, 2.24) is 4.98 Å². The number of aliphatic imine (C=N–C) groups is 1. The van der Waals surface area contributed by atoms with Crippen LogP contribution in [-0.4, -0.2) is 27.3 Å². The van der Waals surface area contributed by atoms with Gasteiger partial charge in [0.25, 0.3) is 0 Å². The molecule has 0 radical (unpaired) electrons. The molecule has 1 aliphatic rings. The van der Waals surface area contributed by atoms with Gasteiger partial charge < -0.3 is 0 Å². The fourth-order valence-corrected chi connectivity index (χ4v) is 14.4. The van der Waals surface area contributed by atoms with E-state index in [1.807, 2.05) is 18.3 Å². The molecule has 0 amide bonds. The standard InChI is InChI=1S/C16H26N2Si2/c1-19(2,3)16(20(4,5)6)11-10-15(18-13-16)14-9-7-8-12-17-14/h7-13,15H,1-6H3. The van der Waals surface area contributed by atoms with Gasteiger partial charge in [0.2, 0.25) is 0 Å². The van der Waals surface area contributed by atoms with E-state index in [1.165, 1.54) is 0 Å². The molecule has 1 atom stereocenters. The van der Waals surface area contributed by atoms with Gasteiger partial charge in [0.15, 0.2) is 0 Å². The van der Waals surface area contributed by atoms with Crippen molar-refractivity contribution in [2.24, 2.45) is 4.99 Å². The number of pyridine rings is 1. The second-order valence-electron chi connectivity index (χ2n) is 7.71. The highest BCUT2D eigenvalue weighted by Crippen LogP contribution is 2.49. The van der Waals surface area contributed by atoms with Gasteiger partial charge in [-0.15, -0.1) is 0 Å². The van der Waals surface area contributed by atoms with E-state index in [4.69, 9.17) is 4.99 Å². The molecule has 0 N–H and O–H groups in total. The molecular formula is C16H26N2Si2. The molecule has 0 aromatic carbocycles. The van der Waals surface area contributed by atoms with Crippen LogP contribution in [0.2, 0.25) is 43.9 Å². The maximum atomic E-state index is 4.88. The summed E-state index contributed by atoms with van der Waals surface area (Å²) < 4.78 is 0.241. The van der Waals surface area contributed by atoms with Crippen LogP contribution in [0.4, 0.5) is 0 Å².